The first kappa shape index (κ1) is 19.0. The van der Waals surface area contributed by atoms with Gasteiger partial charge in [-0.2, -0.15) is 0 Å². The molecule has 0 saturated carbocycles. The number of imide groups is 1. The van der Waals surface area contributed by atoms with Crippen molar-refractivity contribution >= 4 is 23.7 Å². The SMILES string of the molecule is CCn1c(S[C@@H](C(=O)NC(N)=O)C(C)C)nnc1-c1ccccc1C. The van der Waals surface area contributed by atoms with Crippen LogP contribution in [0.15, 0.2) is 29.4 Å². The topological polar surface area (TPSA) is 103 Å². The number of aryl methyl sites for hydroxylation is 1. The van der Waals surface area contributed by atoms with Crippen molar-refractivity contribution in [1.29, 1.82) is 0 Å². The van der Waals surface area contributed by atoms with E-state index in [1.807, 2.05) is 56.5 Å². The number of aromatic nitrogens is 3. The van der Waals surface area contributed by atoms with Gasteiger partial charge in [-0.3, -0.25) is 10.1 Å². The van der Waals surface area contributed by atoms with Crippen molar-refractivity contribution in [2.45, 2.75) is 44.6 Å². The molecule has 0 aliphatic heterocycles. The molecular weight excluding hydrogens is 338 g/mol. The van der Waals surface area contributed by atoms with Gasteiger partial charge in [-0.1, -0.05) is 49.9 Å². The van der Waals surface area contributed by atoms with E-state index in [1.54, 1.807) is 0 Å². The zero-order valence-corrected chi connectivity index (χ0v) is 15.6. The molecule has 0 aliphatic rings. The second kappa shape index (κ2) is 8.15. The van der Waals surface area contributed by atoms with Gasteiger partial charge in [0.05, 0.1) is 5.25 Å². The van der Waals surface area contributed by atoms with E-state index in [1.165, 1.54) is 11.8 Å². The number of carbonyl (C=O) groups excluding carboxylic acids is 2. The van der Waals surface area contributed by atoms with Gasteiger partial charge in [0, 0.05) is 12.1 Å². The maximum atomic E-state index is 12.2. The average Bonchev–Trinajstić information content (AvgIpc) is 2.94. The van der Waals surface area contributed by atoms with Crippen LogP contribution in [-0.2, 0) is 11.3 Å². The van der Waals surface area contributed by atoms with Crippen molar-refractivity contribution in [2.75, 3.05) is 0 Å². The van der Waals surface area contributed by atoms with Crippen LogP contribution in [-0.4, -0.2) is 32.0 Å². The summed E-state index contributed by atoms with van der Waals surface area (Å²) in [7, 11) is 0. The number of thioether (sulfide) groups is 1. The molecule has 25 heavy (non-hydrogen) atoms. The highest BCUT2D eigenvalue weighted by Crippen LogP contribution is 2.31. The van der Waals surface area contributed by atoms with Crippen LogP contribution >= 0.6 is 11.8 Å². The molecule has 8 heteroatoms. The molecule has 0 aliphatic carbocycles. The van der Waals surface area contributed by atoms with Crippen LogP contribution < -0.4 is 11.1 Å². The summed E-state index contributed by atoms with van der Waals surface area (Å²) in [5.41, 5.74) is 7.17. The Balaban J connectivity index is 2.35. The fourth-order valence-corrected chi connectivity index (χ4v) is 3.58. The van der Waals surface area contributed by atoms with Crippen LogP contribution in [0, 0.1) is 12.8 Å². The molecule has 2 aromatic rings. The van der Waals surface area contributed by atoms with Gasteiger partial charge in [-0.25, -0.2) is 4.79 Å². The van der Waals surface area contributed by atoms with E-state index in [4.69, 9.17) is 5.73 Å². The van der Waals surface area contributed by atoms with Gasteiger partial charge < -0.3 is 10.3 Å². The highest BCUT2D eigenvalue weighted by molar-refractivity contribution is 8.00. The lowest BCUT2D eigenvalue weighted by molar-refractivity contribution is -0.120. The minimum atomic E-state index is -0.853. The summed E-state index contributed by atoms with van der Waals surface area (Å²) >= 11 is 1.29. The van der Waals surface area contributed by atoms with Crippen molar-refractivity contribution in [2.24, 2.45) is 11.7 Å². The van der Waals surface area contributed by atoms with Crippen molar-refractivity contribution < 1.29 is 9.59 Å². The molecule has 2 rings (SSSR count). The van der Waals surface area contributed by atoms with Gasteiger partial charge >= 0.3 is 6.03 Å². The number of benzene rings is 1. The number of hydrogen-bond acceptors (Lipinski definition) is 5. The molecular formula is C17H23N5O2S. The van der Waals surface area contributed by atoms with E-state index < -0.39 is 17.2 Å². The monoisotopic (exact) mass is 361 g/mol. The Hall–Kier alpha value is -2.35. The standard InChI is InChI=1S/C17H23N5O2S/c1-5-22-14(12-9-7-6-8-11(12)4)20-21-17(22)25-13(10(2)3)15(23)19-16(18)24/h6-10,13H,5H2,1-4H3,(H3,18,19,23,24)/t13-/m1/s1. The van der Waals surface area contributed by atoms with Gasteiger partial charge in [0.2, 0.25) is 5.91 Å². The Kier molecular flexibility index (Phi) is 6.19. The molecule has 0 radical (unpaired) electrons. The summed E-state index contributed by atoms with van der Waals surface area (Å²) in [6.07, 6.45) is 0. The predicted molar refractivity (Wildman–Crippen MR) is 98.1 cm³/mol. The molecule has 1 aromatic heterocycles. The maximum Gasteiger partial charge on any atom is 0.318 e. The quantitative estimate of drug-likeness (QED) is 0.770. The number of hydrogen-bond donors (Lipinski definition) is 2. The van der Waals surface area contributed by atoms with Crippen molar-refractivity contribution in [3.05, 3.63) is 29.8 Å². The molecule has 7 nitrogen and oxygen atoms in total. The Morgan fingerprint density at radius 2 is 1.96 bits per heavy atom. The normalized spacial score (nSPS) is 12.2. The number of urea groups is 1. The number of primary amides is 1. The summed E-state index contributed by atoms with van der Waals surface area (Å²) in [5.74, 6) is 0.338. The van der Waals surface area contributed by atoms with E-state index in [2.05, 4.69) is 15.5 Å². The molecule has 0 unspecified atom stereocenters. The van der Waals surface area contributed by atoms with Gasteiger partial charge in [-0.15, -0.1) is 10.2 Å². The first-order chi connectivity index (χ1) is 11.8. The van der Waals surface area contributed by atoms with Crippen LogP contribution in [0.25, 0.3) is 11.4 Å². The zero-order valence-electron chi connectivity index (χ0n) is 14.8. The van der Waals surface area contributed by atoms with Crippen molar-refractivity contribution in [1.82, 2.24) is 20.1 Å². The summed E-state index contributed by atoms with van der Waals surface area (Å²) in [6.45, 7) is 8.51. The third-order valence-corrected chi connectivity index (χ3v) is 5.29. The average molecular weight is 361 g/mol. The first-order valence-electron chi connectivity index (χ1n) is 8.11. The summed E-state index contributed by atoms with van der Waals surface area (Å²) in [5, 5.41) is 10.9. The fraction of sp³-hybridized carbons (Fsp3) is 0.412. The van der Waals surface area contributed by atoms with Gasteiger partial charge in [0.25, 0.3) is 0 Å². The minimum absolute atomic E-state index is 0.00623. The van der Waals surface area contributed by atoms with Crippen LogP contribution in [0.1, 0.15) is 26.3 Å². The van der Waals surface area contributed by atoms with Gasteiger partial charge in [0.1, 0.15) is 0 Å². The second-order valence-electron chi connectivity index (χ2n) is 6.00. The molecule has 134 valence electrons. The summed E-state index contributed by atoms with van der Waals surface area (Å²) in [6, 6.07) is 7.10. The Morgan fingerprint density at radius 1 is 1.28 bits per heavy atom. The van der Waals surface area contributed by atoms with Gasteiger partial charge in [0.15, 0.2) is 11.0 Å². The Labute approximate surface area is 151 Å². The van der Waals surface area contributed by atoms with Gasteiger partial charge in [-0.05, 0) is 25.3 Å². The molecule has 1 aromatic carbocycles. The molecule has 3 N–H and O–H groups in total. The van der Waals surface area contributed by atoms with Crippen LogP contribution in [0.2, 0.25) is 0 Å². The lowest BCUT2D eigenvalue weighted by Crippen LogP contribution is -2.42. The number of carbonyl (C=O) groups is 2. The maximum absolute atomic E-state index is 12.2. The van der Waals surface area contributed by atoms with E-state index in [9.17, 15) is 9.59 Å². The number of nitrogens with two attached hydrogens (primary N) is 1. The van der Waals surface area contributed by atoms with E-state index >= 15 is 0 Å². The lowest BCUT2D eigenvalue weighted by atomic mass is 10.1. The zero-order chi connectivity index (χ0) is 18.6. The van der Waals surface area contributed by atoms with E-state index in [-0.39, 0.29) is 5.92 Å². The van der Waals surface area contributed by atoms with Crippen molar-refractivity contribution in [3.63, 3.8) is 0 Å². The predicted octanol–water partition coefficient (Wildman–Crippen LogP) is 2.59. The third-order valence-electron chi connectivity index (χ3n) is 3.76. The molecule has 0 bridgehead atoms. The molecule has 3 amide bonds. The smallest absolute Gasteiger partial charge is 0.318 e. The second-order valence-corrected chi connectivity index (χ2v) is 7.11. The third kappa shape index (κ3) is 4.39. The van der Waals surface area contributed by atoms with E-state index in [0.29, 0.717) is 11.7 Å². The fourth-order valence-electron chi connectivity index (χ4n) is 2.48. The highest BCUT2D eigenvalue weighted by Gasteiger charge is 2.27. The molecule has 0 saturated heterocycles. The number of nitrogens with zero attached hydrogens (tertiary/aromatic N) is 3. The van der Waals surface area contributed by atoms with Crippen molar-refractivity contribution in [3.8, 4) is 11.4 Å². The lowest BCUT2D eigenvalue weighted by Gasteiger charge is -2.18. The highest BCUT2D eigenvalue weighted by atomic mass is 32.2. The Morgan fingerprint density at radius 3 is 2.52 bits per heavy atom. The molecule has 0 fully saturated rings. The number of nitrogens with one attached hydrogen (secondary N) is 1. The number of rotatable bonds is 6. The first-order valence-corrected chi connectivity index (χ1v) is 8.99. The van der Waals surface area contributed by atoms with Crippen LogP contribution in [0.3, 0.4) is 0 Å². The minimum Gasteiger partial charge on any atom is -0.351 e. The van der Waals surface area contributed by atoms with E-state index in [0.717, 1.165) is 17.0 Å². The summed E-state index contributed by atoms with van der Waals surface area (Å²) in [4.78, 5) is 23.2. The molecule has 1 heterocycles. The number of amides is 3. The molecule has 0 spiro atoms. The summed E-state index contributed by atoms with van der Waals surface area (Å²) < 4.78 is 1.97. The largest absolute Gasteiger partial charge is 0.351 e. The van der Waals surface area contributed by atoms with Crippen LogP contribution in [0.4, 0.5) is 4.79 Å². The molecule has 1 atom stereocenters. The van der Waals surface area contributed by atoms with Crippen LogP contribution in [0.5, 0.6) is 0 Å². The Bertz CT molecular complexity index is 772.